The van der Waals surface area contributed by atoms with Crippen molar-refractivity contribution in [2.75, 3.05) is 5.73 Å². The average Bonchev–Trinajstić information content (AvgIpc) is 2.54. The number of benzene rings is 1. The third-order valence-electron chi connectivity index (χ3n) is 2.44. The summed E-state index contributed by atoms with van der Waals surface area (Å²) in [5.74, 6) is 0.845. The van der Waals surface area contributed by atoms with Crippen LogP contribution in [0, 0.1) is 6.92 Å². The lowest BCUT2D eigenvalue weighted by Crippen LogP contribution is -1.91. The van der Waals surface area contributed by atoms with E-state index in [1.165, 1.54) is 5.56 Å². The Bertz CT molecular complexity index is 494. The molecule has 0 aliphatic rings. The summed E-state index contributed by atoms with van der Waals surface area (Å²) in [5, 5.41) is 0.756. The van der Waals surface area contributed by atoms with Crippen LogP contribution in [0.3, 0.4) is 0 Å². The molecule has 0 fully saturated rings. The minimum absolute atomic E-state index is 0.235. The normalized spacial score (nSPS) is 10.6. The molecule has 0 saturated heterocycles. The number of nitrogens with zero attached hydrogens (tertiary/aromatic N) is 1. The van der Waals surface area contributed by atoms with Crippen molar-refractivity contribution in [3.05, 3.63) is 46.3 Å². The Balaban J connectivity index is 2.05. The first-order valence-electron chi connectivity index (χ1n) is 5.11. The highest BCUT2D eigenvalue weighted by atomic mass is 35.5. The van der Waals surface area contributed by atoms with Gasteiger partial charge in [-0.2, -0.15) is 4.98 Å². The fourth-order valence-corrected chi connectivity index (χ4v) is 1.85. The molecule has 84 valence electrons. The van der Waals surface area contributed by atoms with E-state index in [0.717, 1.165) is 29.3 Å². The van der Waals surface area contributed by atoms with Crippen LogP contribution >= 0.6 is 11.6 Å². The van der Waals surface area contributed by atoms with Gasteiger partial charge in [-0.25, -0.2) is 0 Å². The predicted octanol–water partition coefficient (Wildman–Crippen LogP) is 3.00. The Hall–Kier alpha value is -1.48. The van der Waals surface area contributed by atoms with Gasteiger partial charge in [0, 0.05) is 11.4 Å². The fraction of sp³-hybridized carbons (Fsp3) is 0.250. The quantitative estimate of drug-likeness (QED) is 0.891. The number of hydrogen-bond donors (Lipinski definition) is 1. The van der Waals surface area contributed by atoms with E-state index in [0.29, 0.717) is 0 Å². The summed E-state index contributed by atoms with van der Waals surface area (Å²) < 4.78 is 5.30. The van der Waals surface area contributed by atoms with E-state index in [1.54, 1.807) is 0 Å². The Morgan fingerprint density at radius 2 is 2.19 bits per heavy atom. The van der Waals surface area contributed by atoms with Crippen molar-refractivity contribution in [2.24, 2.45) is 0 Å². The predicted molar refractivity (Wildman–Crippen MR) is 64.5 cm³/mol. The van der Waals surface area contributed by atoms with Crippen LogP contribution in [0.4, 0.5) is 6.01 Å². The van der Waals surface area contributed by atoms with Gasteiger partial charge in [0.15, 0.2) is 0 Å². The van der Waals surface area contributed by atoms with Crippen molar-refractivity contribution in [3.63, 3.8) is 0 Å². The molecule has 2 N–H and O–H groups in total. The lowest BCUT2D eigenvalue weighted by Gasteiger charge is -2.00. The molecule has 1 aromatic heterocycles. The number of aryl methyl sites for hydroxylation is 3. The van der Waals surface area contributed by atoms with Crippen LogP contribution in [0.1, 0.15) is 17.0 Å². The summed E-state index contributed by atoms with van der Waals surface area (Å²) in [4.78, 5) is 4.03. The van der Waals surface area contributed by atoms with Gasteiger partial charge in [-0.15, -0.1) is 0 Å². The molecular formula is C12H13ClN2O. The molecule has 0 amide bonds. The summed E-state index contributed by atoms with van der Waals surface area (Å²) >= 11 is 5.91. The largest absolute Gasteiger partial charge is 0.429 e. The van der Waals surface area contributed by atoms with Crippen LogP contribution in [0.5, 0.6) is 0 Å². The highest BCUT2D eigenvalue weighted by Gasteiger charge is 2.07. The van der Waals surface area contributed by atoms with E-state index >= 15 is 0 Å². The highest BCUT2D eigenvalue weighted by Crippen LogP contribution is 2.16. The Labute approximate surface area is 99.2 Å². The van der Waals surface area contributed by atoms with Crippen molar-refractivity contribution in [2.45, 2.75) is 19.8 Å². The van der Waals surface area contributed by atoms with Crippen LogP contribution in [0.15, 0.2) is 28.7 Å². The number of aromatic nitrogens is 1. The van der Waals surface area contributed by atoms with Gasteiger partial charge >= 0.3 is 0 Å². The number of rotatable bonds is 3. The molecule has 0 bridgehead atoms. The first-order valence-corrected chi connectivity index (χ1v) is 5.49. The number of halogens is 1. The first-order chi connectivity index (χ1) is 7.65. The third-order valence-corrected chi connectivity index (χ3v) is 2.67. The molecule has 1 heterocycles. The molecule has 0 aliphatic heterocycles. The summed E-state index contributed by atoms with van der Waals surface area (Å²) in [6, 6.07) is 8.04. The van der Waals surface area contributed by atoms with E-state index < -0.39 is 0 Å². The van der Waals surface area contributed by atoms with Crippen molar-refractivity contribution >= 4 is 17.6 Å². The van der Waals surface area contributed by atoms with Crippen LogP contribution in [-0.2, 0) is 12.8 Å². The molecule has 0 atom stereocenters. The number of anilines is 1. The van der Waals surface area contributed by atoms with Crippen LogP contribution < -0.4 is 5.73 Å². The van der Waals surface area contributed by atoms with Crippen LogP contribution in [-0.4, -0.2) is 4.98 Å². The summed E-state index contributed by atoms with van der Waals surface area (Å²) in [6.45, 7) is 1.90. The van der Waals surface area contributed by atoms with Gasteiger partial charge in [0.05, 0.1) is 5.69 Å². The molecule has 16 heavy (non-hydrogen) atoms. The van der Waals surface area contributed by atoms with Crippen molar-refractivity contribution in [1.29, 1.82) is 0 Å². The summed E-state index contributed by atoms with van der Waals surface area (Å²) in [7, 11) is 0. The minimum atomic E-state index is 0.235. The van der Waals surface area contributed by atoms with E-state index in [2.05, 4.69) is 4.98 Å². The molecule has 0 unspecified atom stereocenters. The van der Waals surface area contributed by atoms with E-state index in [1.807, 2.05) is 31.2 Å². The molecule has 2 rings (SSSR count). The minimum Gasteiger partial charge on any atom is -0.429 e. The van der Waals surface area contributed by atoms with Gasteiger partial charge in [0.1, 0.15) is 5.76 Å². The standard InChI is InChI=1S/C12H13ClN2O/c1-8-11(16-12(14)15-8)6-5-9-3-2-4-10(13)7-9/h2-4,7H,5-6H2,1H3,(H2,14,15). The molecule has 0 spiro atoms. The van der Waals surface area contributed by atoms with Crippen molar-refractivity contribution < 1.29 is 4.42 Å². The maximum Gasteiger partial charge on any atom is 0.292 e. The smallest absolute Gasteiger partial charge is 0.292 e. The van der Waals surface area contributed by atoms with Crippen LogP contribution in [0.2, 0.25) is 5.02 Å². The van der Waals surface area contributed by atoms with Crippen LogP contribution in [0.25, 0.3) is 0 Å². The van der Waals surface area contributed by atoms with Gasteiger partial charge in [-0.1, -0.05) is 23.7 Å². The zero-order valence-corrected chi connectivity index (χ0v) is 9.79. The maximum atomic E-state index is 5.91. The topological polar surface area (TPSA) is 52.0 Å². The molecule has 1 aromatic carbocycles. The number of oxazole rings is 1. The lowest BCUT2D eigenvalue weighted by molar-refractivity contribution is 0.519. The second kappa shape index (κ2) is 4.58. The van der Waals surface area contributed by atoms with Gasteiger partial charge in [-0.05, 0) is 31.0 Å². The zero-order chi connectivity index (χ0) is 11.5. The first kappa shape index (κ1) is 11.0. The second-order valence-corrected chi connectivity index (χ2v) is 4.13. The molecular weight excluding hydrogens is 224 g/mol. The molecule has 4 heteroatoms. The van der Waals surface area contributed by atoms with Gasteiger partial charge < -0.3 is 10.2 Å². The lowest BCUT2D eigenvalue weighted by atomic mass is 10.1. The molecule has 0 radical (unpaired) electrons. The molecule has 2 aromatic rings. The highest BCUT2D eigenvalue weighted by molar-refractivity contribution is 6.30. The van der Waals surface area contributed by atoms with E-state index in [-0.39, 0.29) is 6.01 Å². The van der Waals surface area contributed by atoms with Gasteiger partial charge in [0.25, 0.3) is 6.01 Å². The van der Waals surface area contributed by atoms with Gasteiger partial charge in [-0.3, -0.25) is 0 Å². The SMILES string of the molecule is Cc1nc(N)oc1CCc1cccc(Cl)c1. The Morgan fingerprint density at radius 1 is 1.38 bits per heavy atom. The average molecular weight is 237 g/mol. The number of hydrogen-bond acceptors (Lipinski definition) is 3. The number of nitrogens with two attached hydrogens (primary N) is 1. The Morgan fingerprint density at radius 3 is 2.81 bits per heavy atom. The molecule has 0 saturated carbocycles. The van der Waals surface area contributed by atoms with Crippen molar-refractivity contribution in [1.82, 2.24) is 4.98 Å². The zero-order valence-electron chi connectivity index (χ0n) is 9.03. The molecule has 3 nitrogen and oxygen atoms in total. The number of nitrogen functional groups attached to an aromatic ring is 1. The molecule has 0 aliphatic carbocycles. The van der Waals surface area contributed by atoms with Crippen molar-refractivity contribution in [3.8, 4) is 0 Å². The third kappa shape index (κ3) is 2.55. The maximum absolute atomic E-state index is 5.91. The van der Waals surface area contributed by atoms with Gasteiger partial charge in [0.2, 0.25) is 0 Å². The second-order valence-electron chi connectivity index (χ2n) is 3.69. The summed E-state index contributed by atoms with van der Waals surface area (Å²) in [5.41, 5.74) is 7.52. The van der Waals surface area contributed by atoms with E-state index in [4.69, 9.17) is 21.8 Å². The van der Waals surface area contributed by atoms with E-state index in [9.17, 15) is 0 Å². The fourth-order valence-electron chi connectivity index (χ4n) is 1.63. The monoisotopic (exact) mass is 236 g/mol. The Kier molecular flexibility index (Phi) is 3.15. The summed E-state index contributed by atoms with van der Waals surface area (Å²) in [6.07, 6.45) is 1.66.